The molecule has 0 spiro atoms. The van der Waals surface area contributed by atoms with Crippen molar-refractivity contribution in [3.63, 3.8) is 0 Å². The summed E-state index contributed by atoms with van der Waals surface area (Å²) in [5.41, 5.74) is -0.169. The fourth-order valence-electron chi connectivity index (χ4n) is 1.09. The van der Waals surface area contributed by atoms with Gasteiger partial charge in [-0.25, -0.2) is 0 Å². The van der Waals surface area contributed by atoms with E-state index in [2.05, 4.69) is 0 Å². The third-order valence-electron chi connectivity index (χ3n) is 1.68. The van der Waals surface area contributed by atoms with Crippen molar-refractivity contribution < 1.29 is 23.4 Å². The van der Waals surface area contributed by atoms with Crippen LogP contribution in [-0.4, -0.2) is 16.4 Å². The van der Waals surface area contributed by atoms with Crippen molar-refractivity contribution in [2.75, 3.05) is 0 Å². The Kier molecular flexibility index (Phi) is 2.82. The topological polar surface area (TPSA) is 40.5 Å². The third-order valence-corrected chi connectivity index (χ3v) is 1.68. The van der Waals surface area contributed by atoms with E-state index in [1.54, 1.807) is 6.07 Å². The summed E-state index contributed by atoms with van der Waals surface area (Å²) >= 11 is 0. The first kappa shape index (κ1) is 11.0. The average Bonchev–Trinajstić information content (AvgIpc) is 2.01. The summed E-state index contributed by atoms with van der Waals surface area (Å²) < 4.78 is 35.8. The van der Waals surface area contributed by atoms with Gasteiger partial charge in [0.2, 0.25) is 0 Å². The molecule has 0 radical (unpaired) electrons. The molecular weight excluding hydrogens is 197 g/mol. The van der Waals surface area contributed by atoms with Crippen LogP contribution in [0.1, 0.15) is 12.0 Å². The van der Waals surface area contributed by atoms with Crippen molar-refractivity contribution in [1.29, 1.82) is 0 Å². The minimum atomic E-state index is -4.61. The molecule has 78 valence electrons. The minimum absolute atomic E-state index is 0.169. The molecule has 0 bridgehead atoms. The smallest absolute Gasteiger partial charge is 0.362 e. The van der Waals surface area contributed by atoms with Gasteiger partial charge in [0.05, 0.1) is 0 Å². The van der Waals surface area contributed by atoms with Gasteiger partial charge < -0.3 is 10.2 Å². The normalized spacial score (nSPS) is 12.9. The second kappa shape index (κ2) is 3.59. The lowest BCUT2D eigenvalue weighted by Gasteiger charge is -2.23. The first-order valence-electron chi connectivity index (χ1n) is 3.88. The minimum Gasteiger partial charge on any atom is -0.362 e. The Morgan fingerprint density at radius 3 is 1.93 bits per heavy atom. The van der Waals surface area contributed by atoms with Gasteiger partial charge in [-0.2, -0.15) is 13.2 Å². The Morgan fingerprint density at radius 2 is 1.50 bits per heavy atom. The molecule has 0 aliphatic heterocycles. The Hall–Kier alpha value is -1.07. The Bertz CT molecular complexity index is 293. The summed E-state index contributed by atoms with van der Waals surface area (Å²) in [6.45, 7) is 0. The highest BCUT2D eigenvalue weighted by atomic mass is 19.4. The fourth-order valence-corrected chi connectivity index (χ4v) is 1.09. The van der Waals surface area contributed by atoms with Crippen molar-refractivity contribution >= 4 is 0 Å². The summed E-state index contributed by atoms with van der Waals surface area (Å²) in [7, 11) is 0. The first-order valence-corrected chi connectivity index (χ1v) is 3.88. The lowest BCUT2D eigenvalue weighted by molar-refractivity contribution is -0.251. The van der Waals surface area contributed by atoms with Crippen LogP contribution in [0.5, 0.6) is 0 Å². The van der Waals surface area contributed by atoms with E-state index in [0.717, 1.165) is 0 Å². The van der Waals surface area contributed by atoms with Crippen molar-refractivity contribution in [1.82, 2.24) is 0 Å². The predicted molar refractivity (Wildman–Crippen MR) is 43.2 cm³/mol. The molecule has 2 N–H and O–H groups in total. The Balaban J connectivity index is 2.86. The Labute approximate surface area is 78.6 Å². The molecule has 0 saturated carbocycles. The summed E-state index contributed by atoms with van der Waals surface area (Å²) in [5.74, 6) is -2.85. The zero-order valence-corrected chi connectivity index (χ0v) is 7.12. The number of hydrogen-bond acceptors (Lipinski definition) is 2. The SMILES string of the molecule is OC(O)(CC(F)(F)F)c1ccccc1. The summed E-state index contributed by atoms with van der Waals surface area (Å²) in [6.07, 6.45) is -6.29. The van der Waals surface area contributed by atoms with Crippen molar-refractivity contribution in [2.45, 2.75) is 18.4 Å². The molecule has 0 amide bonds. The standard InChI is InChI=1S/C9H9F3O2/c10-9(11,12)6-8(13,14)7-4-2-1-3-5-7/h1-5,13-14H,6H2. The number of aliphatic hydroxyl groups is 2. The number of benzene rings is 1. The number of rotatable bonds is 2. The highest BCUT2D eigenvalue weighted by Crippen LogP contribution is 2.32. The second-order valence-corrected chi connectivity index (χ2v) is 2.97. The molecule has 14 heavy (non-hydrogen) atoms. The maximum absolute atomic E-state index is 11.9. The fraction of sp³-hybridized carbons (Fsp3) is 0.333. The van der Waals surface area contributed by atoms with Crippen LogP contribution in [0.4, 0.5) is 13.2 Å². The molecule has 1 rings (SSSR count). The highest BCUT2D eigenvalue weighted by Gasteiger charge is 2.40. The van der Waals surface area contributed by atoms with E-state index in [-0.39, 0.29) is 5.56 Å². The summed E-state index contributed by atoms with van der Waals surface area (Å²) in [4.78, 5) is 0. The molecule has 0 saturated heterocycles. The monoisotopic (exact) mass is 206 g/mol. The second-order valence-electron chi connectivity index (χ2n) is 2.97. The van der Waals surface area contributed by atoms with Gasteiger partial charge in [-0.3, -0.25) is 0 Å². The van der Waals surface area contributed by atoms with Gasteiger partial charge in [-0.05, 0) is 0 Å². The van der Waals surface area contributed by atoms with Crippen molar-refractivity contribution in [3.05, 3.63) is 35.9 Å². The Morgan fingerprint density at radius 1 is 1.00 bits per heavy atom. The molecule has 5 heteroatoms. The molecule has 0 aromatic heterocycles. The molecule has 0 aliphatic rings. The zero-order valence-electron chi connectivity index (χ0n) is 7.12. The van der Waals surface area contributed by atoms with E-state index in [4.69, 9.17) is 10.2 Å². The molecule has 0 atom stereocenters. The molecule has 0 fully saturated rings. The maximum Gasteiger partial charge on any atom is 0.394 e. The van der Waals surface area contributed by atoms with Gasteiger partial charge in [-0.15, -0.1) is 0 Å². The summed E-state index contributed by atoms with van der Waals surface area (Å²) in [5, 5.41) is 18.3. The number of halogens is 3. The lowest BCUT2D eigenvalue weighted by atomic mass is 10.0. The quantitative estimate of drug-likeness (QED) is 0.724. The highest BCUT2D eigenvalue weighted by molar-refractivity contribution is 5.19. The van der Waals surface area contributed by atoms with Crippen LogP contribution in [0.2, 0.25) is 0 Å². The largest absolute Gasteiger partial charge is 0.394 e. The lowest BCUT2D eigenvalue weighted by Crippen LogP contribution is -2.31. The molecule has 1 aromatic rings. The number of hydrogen-bond donors (Lipinski definition) is 2. The van der Waals surface area contributed by atoms with Gasteiger partial charge in [0, 0.05) is 5.56 Å². The van der Waals surface area contributed by atoms with Crippen LogP contribution in [0.15, 0.2) is 30.3 Å². The maximum atomic E-state index is 11.9. The molecule has 2 nitrogen and oxygen atoms in total. The van der Waals surface area contributed by atoms with E-state index in [9.17, 15) is 13.2 Å². The van der Waals surface area contributed by atoms with E-state index >= 15 is 0 Å². The van der Waals surface area contributed by atoms with E-state index in [1.807, 2.05) is 0 Å². The van der Waals surface area contributed by atoms with Gasteiger partial charge in [0.15, 0.2) is 5.79 Å². The molecule has 0 unspecified atom stereocenters. The van der Waals surface area contributed by atoms with E-state index in [0.29, 0.717) is 0 Å². The number of alkyl halides is 3. The van der Waals surface area contributed by atoms with Crippen LogP contribution < -0.4 is 0 Å². The first-order chi connectivity index (χ1) is 6.31. The molecule has 0 heterocycles. The van der Waals surface area contributed by atoms with Gasteiger partial charge in [0.1, 0.15) is 6.42 Å². The molecule has 0 aliphatic carbocycles. The average molecular weight is 206 g/mol. The van der Waals surface area contributed by atoms with E-state index in [1.165, 1.54) is 24.3 Å². The zero-order chi connectivity index (χ0) is 10.8. The van der Waals surface area contributed by atoms with E-state index < -0.39 is 18.4 Å². The third kappa shape index (κ3) is 3.01. The van der Waals surface area contributed by atoms with Crippen molar-refractivity contribution in [3.8, 4) is 0 Å². The van der Waals surface area contributed by atoms with Crippen LogP contribution in [0, 0.1) is 0 Å². The molecular formula is C9H9F3O2. The van der Waals surface area contributed by atoms with Crippen LogP contribution in [-0.2, 0) is 5.79 Å². The van der Waals surface area contributed by atoms with Crippen LogP contribution >= 0.6 is 0 Å². The van der Waals surface area contributed by atoms with Gasteiger partial charge >= 0.3 is 6.18 Å². The molecule has 1 aromatic carbocycles. The van der Waals surface area contributed by atoms with Crippen LogP contribution in [0.25, 0.3) is 0 Å². The van der Waals surface area contributed by atoms with Gasteiger partial charge in [-0.1, -0.05) is 30.3 Å². The van der Waals surface area contributed by atoms with Crippen molar-refractivity contribution in [2.24, 2.45) is 0 Å². The van der Waals surface area contributed by atoms with Gasteiger partial charge in [0.25, 0.3) is 0 Å². The predicted octanol–water partition coefficient (Wildman–Crippen LogP) is 1.78. The summed E-state index contributed by atoms with van der Waals surface area (Å²) in [6, 6.07) is 6.91. The van der Waals surface area contributed by atoms with Crippen LogP contribution in [0.3, 0.4) is 0 Å².